The molecule has 0 bridgehead atoms. The van der Waals surface area contributed by atoms with Crippen LogP contribution in [0.25, 0.3) is 11.3 Å². The van der Waals surface area contributed by atoms with Crippen molar-refractivity contribution in [2.24, 2.45) is 5.92 Å². The molecule has 0 unspecified atom stereocenters. The highest BCUT2D eigenvalue weighted by Crippen LogP contribution is 2.36. The van der Waals surface area contributed by atoms with Crippen LogP contribution >= 0.6 is 0 Å². The van der Waals surface area contributed by atoms with Gasteiger partial charge in [-0.25, -0.2) is 4.79 Å². The number of benzene rings is 1. The van der Waals surface area contributed by atoms with E-state index >= 15 is 0 Å². The molecule has 0 amide bonds. The van der Waals surface area contributed by atoms with Crippen molar-refractivity contribution in [3.05, 3.63) is 40.6 Å². The highest BCUT2D eigenvalue weighted by molar-refractivity contribution is 5.91. The molecule has 1 saturated heterocycles. The predicted octanol–water partition coefficient (Wildman–Crippen LogP) is 3.00. The molecule has 0 radical (unpaired) electrons. The maximum Gasteiger partial charge on any atom is 0.360 e. The molecule has 1 aromatic carbocycles. The summed E-state index contributed by atoms with van der Waals surface area (Å²) in [5.41, 5.74) is 4.01. The van der Waals surface area contributed by atoms with Crippen molar-refractivity contribution in [2.45, 2.75) is 45.8 Å². The topological polar surface area (TPSA) is 81.9 Å². The fraction of sp³-hybridized carbons (Fsp3) is 0.500. The quantitative estimate of drug-likeness (QED) is 0.732. The van der Waals surface area contributed by atoms with E-state index in [0.717, 1.165) is 37.2 Å². The van der Waals surface area contributed by atoms with Crippen LogP contribution < -0.4 is 0 Å². The summed E-state index contributed by atoms with van der Waals surface area (Å²) in [7, 11) is 1.34. The Morgan fingerprint density at radius 2 is 2.00 bits per heavy atom. The molecule has 4 rings (SSSR count). The zero-order valence-electron chi connectivity index (χ0n) is 17.3. The fourth-order valence-electron chi connectivity index (χ4n) is 3.93. The second kappa shape index (κ2) is 7.30. The molecule has 29 heavy (non-hydrogen) atoms. The van der Waals surface area contributed by atoms with Crippen LogP contribution in [0.1, 0.15) is 48.0 Å². The normalized spacial score (nSPS) is 16.6. The Bertz CT molecular complexity index is 951. The third-order valence-electron chi connectivity index (χ3n) is 5.33. The van der Waals surface area contributed by atoms with Gasteiger partial charge in [0.2, 0.25) is 0 Å². The Hall–Kier alpha value is -2.67. The van der Waals surface area contributed by atoms with Gasteiger partial charge in [0.15, 0.2) is 11.5 Å². The summed E-state index contributed by atoms with van der Waals surface area (Å²) in [4.78, 5) is 26.2. The molecule has 1 aliphatic carbocycles. The van der Waals surface area contributed by atoms with Gasteiger partial charge in [-0.2, -0.15) is 0 Å². The molecule has 154 valence electrons. The van der Waals surface area contributed by atoms with Crippen molar-refractivity contribution in [2.75, 3.05) is 20.2 Å². The van der Waals surface area contributed by atoms with Crippen molar-refractivity contribution in [3.63, 3.8) is 0 Å². The third kappa shape index (κ3) is 3.92. The number of carbonyl (C=O) groups excluding carboxylic acids is 2. The van der Waals surface area contributed by atoms with E-state index in [1.54, 1.807) is 0 Å². The first-order valence-electron chi connectivity index (χ1n) is 9.89. The second-order valence-electron chi connectivity index (χ2n) is 8.75. The zero-order chi connectivity index (χ0) is 20.8. The van der Waals surface area contributed by atoms with Crippen molar-refractivity contribution in [1.82, 2.24) is 10.1 Å². The maximum absolute atomic E-state index is 12.1. The summed E-state index contributed by atoms with van der Waals surface area (Å²) < 4.78 is 15.7. The Balaban J connectivity index is 1.41. The van der Waals surface area contributed by atoms with Gasteiger partial charge in [0.05, 0.1) is 13.0 Å². The summed E-state index contributed by atoms with van der Waals surface area (Å²) in [5, 5.41) is 3.91. The van der Waals surface area contributed by atoms with E-state index in [0.29, 0.717) is 12.2 Å². The van der Waals surface area contributed by atoms with Crippen molar-refractivity contribution in [1.29, 1.82) is 0 Å². The monoisotopic (exact) mass is 398 g/mol. The maximum atomic E-state index is 12.1. The van der Waals surface area contributed by atoms with Crippen LogP contribution in [-0.2, 0) is 33.7 Å². The molecule has 2 aliphatic rings. The largest absolute Gasteiger partial charge is 0.464 e. The Labute approximate surface area is 169 Å². The van der Waals surface area contributed by atoms with Crippen LogP contribution in [0.5, 0.6) is 0 Å². The molecule has 1 fully saturated rings. The number of fused-ring (bicyclic) bond motifs is 3. The number of rotatable bonds is 4. The van der Waals surface area contributed by atoms with Gasteiger partial charge in [-0.15, -0.1) is 0 Å². The number of nitrogens with zero attached hydrogens (tertiary/aromatic N) is 2. The van der Waals surface area contributed by atoms with Gasteiger partial charge in [0.1, 0.15) is 5.60 Å². The summed E-state index contributed by atoms with van der Waals surface area (Å²) >= 11 is 0. The number of carbonyl (C=O) groups is 2. The predicted molar refractivity (Wildman–Crippen MR) is 105 cm³/mol. The first-order chi connectivity index (χ1) is 13.7. The number of ether oxygens (including phenoxy) is 2. The summed E-state index contributed by atoms with van der Waals surface area (Å²) in [6, 6.07) is 6.27. The number of hydrogen-bond donors (Lipinski definition) is 0. The molecular weight excluding hydrogens is 372 g/mol. The van der Waals surface area contributed by atoms with E-state index in [1.165, 1.54) is 18.2 Å². The molecule has 7 nitrogen and oxygen atoms in total. The van der Waals surface area contributed by atoms with Crippen LogP contribution in [0, 0.1) is 5.92 Å². The molecular formula is C22H26N2O5. The van der Waals surface area contributed by atoms with E-state index in [-0.39, 0.29) is 17.6 Å². The minimum Gasteiger partial charge on any atom is -0.464 e. The molecule has 0 saturated carbocycles. The van der Waals surface area contributed by atoms with E-state index in [2.05, 4.69) is 22.2 Å². The molecule has 0 spiro atoms. The molecule has 2 aromatic rings. The van der Waals surface area contributed by atoms with Gasteiger partial charge in [-0.1, -0.05) is 23.4 Å². The second-order valence-corrected chi connectivity index (χ2v) is 8.75. The van der Waals surface area contributed by atoms with Gasteiger partial charge in [0, 0.05) is 30.8 Å². The number of methoxy groups -OCH3 is 1. The third-order valence-corrected chi connectivity index (χ3v) is 5.33. The van der Waals surface area contributed by atoms with E-state index in [9.17, 15) is 9.59 Å². The Kier molecular flexibility index (Phi) is 4.94. The standard InChI is InChI=1S/C22H26N2O5/c1-22(2,3)28-20(25)15-11-24(12-15)10-13-5-7-16-14(9-13)6-8-17-18(21(26)27-4)23-29-19(16)17/h5,7,9,15H,6,8,10-12H2,1-4H3. The summed E-state index contributed by atoms with van der Waals surface area (Å²) in [6.07, 6.45) is 1.52. The molecule has 1 aromatic heterocycles. The number of likely N-dealkylation sites (tertiary alicyclic amines) is 1. The Morgan fingerprint density at radius 3 is 2.69 bits per heavy atom. The minimum atomic E-state index is -0.465. The zero-order valence-corrected chi connectivity index (χ0v) is 17.3. The van der Waals surface area contributed by atoms with Gasteiger partial charge in [0.25, 0.3) is 0 Å². The van der Waals surface area contributed by atoms with Crippen LogP contribution in [-0.4, -0.2) is 47.8 Å². The first kappa shape index (κ1) is 19.6. The number of esters is 2. The summed E-state index contributed by atoms with van der Waals surface area (Å²) in [5.74, 6) is 0.0401. The van der Waals surface area contributed by atoms with Crippen LogP contribution in [0.2, 0.25) is 0 Å². The van der Waals surface area contributed by atoms with Gasteiger partial charge in [-0.05, 0) is 44.7 Å². The molecule has 1 aliphatic heterocycles. The number of hydrogen-bond acceptors (Lipinski definition) is 7. The molecule has 0 N–H and O–H groups in total. The van der Waals surface area contributed by atoms with Crippen molar-refractivity contribution in [3.8, 4) is 11.3 Å². The SMILES string of the molecule is COC(=O)c1noc2c1CCc1cc(CN3CC(C(=O)OC(C)(C)C)C3)ccc1-2. The highest BCUT2D eigenvalue weighted by atomic mass is 16.6. The van der Waals surface area contributed by atoms with Crippen LogP contribution in [0.15, 0.2) is 22.7 Å². The van der Waals surface area contributed by atoms with E-state index in [1.807, 2.05) is 26.8 Å². The lowest BCUT2D eigenvalue weighted by atomic mass is 9.88. The van der Waals surface area contributed by atoms with Crippen LogP contribution in [0.3, 0.4) is 0 Å². The summed E-state index contributed by atoms with van der Waals surface area (Å²) in [6.45, 7) is 7.92. The first-order valence-corrected chi connectivity index (χ1v) is 9.89. The van der Waals surface area contributed by atoms with Gasteiger partial charge < -0.3 is 14.0 Å². The highest BCUT2D eigenvalue weighted by Gasteiger charge is 2.36. The average Bonchev–Trinajstić information content (AvgIpc) is 3.06. The fourth-order valence-corrected chi connectivity index (χ4v) is 3.93. The van der Waals surface area contributed by atoms with Crippen molar-refractivity contribution < 1.29 is 23.6 Å². The lowest BCUT2D eigenvalue weighted by molar-refractivity contribution is -0.166. The van der Waals surface area contributed by atoms with E-state index < -0.39 is 11.6 Å². The number of aryl methyl sites for hydroxylation is 1. The molecule has 7 heteroatoms. The number of aromatic nitrogens is 1. The van der Waals surface area contributed by atoms with Gasteiger partial charge >= 0.3 is 11.9 Å². The van der Waals surface area contributed by atoms with Crippen LogP contribution in [0.4, 0.5) is 0 Å². The lowest BCUT2D eigenvalue weighted by Gasteiger charge is -2.39. The van der Waals surface area contributed by atoms with Gasteiger partial charge in [-0.3, -0.25) is 9.69 Å². The molecule has 0 atom stereocenters. The molecule has 2 heterocycles. The van der Waals surface area contributed by atoms with E-state index in [4.69, 9.17) is 14.0 Å². The smallest absolute Gasteiger partial charge is 0.360 e. The lowest BCUT2D eigenvalue weighted by Crippen LogP contribution is -2.51. The average molecular weight is 398 g/mol. The Morgan fingerprint density at radius 1 is 1.24 bits per heavy atom. The minimum absolute atomic E-state index is 0.0413. The van der Waals surface area contributed by atoms with Crippen molar-refractivity contribution >= 4 is 11.9 Å².